The van der Waals surface area contributed by atoms with E-state index in [2.05, 4.69) is 88.6 Å². The normalized spacial score (nSPS) is 12.0. The number of Topliss-reactive ketones (excluding diaryl/α,β-unsaturated/α-hetero) is 1. The van der Waals surface area contributed by atoms with Crippen LogP contribution in [0.15, 0.2) is 71.4 Å². The third-order valence-corrected chi connectivity index (χ3v) is 6.92. The number of aryl methyl sites for hydroxylation is 2. The van der Waals surface area contributed by atoms with Crippen molar-refractivity contribution in [2.45, 2.75) is 115 Å². The highest BCUT2D eigenvalue weighted by Crippen LogP contribution is 2.40. The predicted octanol–water partition coefficient (Wildman–Crippen LogP) is 11.9. The Balaban J connectivity index is 0.00000102. The molecule has 0 spiro atoms. The van der Waals surface area contributed by atoms with E-state index in [9.17, 15) is 4.79 Å². The lowest BCUT2D eigenvalue weighted by atomic mass is 10.0. The fourth-order valence-corrected chi connectivity index (χ4v) is 4.66. The van der Waals surface area contributed by atoms with Gasteiger partial charge < -0.3 is 4.98 Å². The molecule has 1 fully saturated rings. The molecule has 5 nitrogen and oxygen atoms in total. The maximum Gasteiger partial charge on any atom is 0.159 e. The number of nitrogens with one attached hydrogen (secondary N) is 2. The Bertz CT molecular complexity index is 1340. The number of nitrogens with zero attached hydrogens (tertiary/aromatic N) is 2. The first-order valence-electron chi connectivity index (χ1n) is 16.3. The number of carbonyl (C=O) groups excluding carboxylic acids is 1. The van der Waals surface area contributed by atoms with Gasteiger partial charge in [0.25, 0.3) is 0 Å². The highest BCUT2D eigenvalue weighted by molar-refractivity contribution is 7.11. The number of hydrogen-bond acceptors (Lipinski definition) is 4. The lowest BCUT2D eigenvalue weighted by Crippen LogP contribution is -1.96. The van der Waals surface area contributed by atoms with Crippen LogP contribution < -0.4 is 0 Å². The molecule has 0 saturated heterocycles. The van der Waals surface area contributed by atoms with E-state index in [1.165, 1.54) is 29.7 Å². The van der Waals surface area contributed by atoms with Gasteiger partial charge in [0, 0.05) is 51.4 Å². The Morgan fingerprint density at radius 1 is 1.07 bits per heavy atom. The fourth-order valence-electron chi connectivity index (χ4n) is 3.77. The van der Waals surface area contributed by atoms with E-state index in [-0.39, 0.29) is 5.78 Å². The van der Waals surface area contributed by atoms with Crippen LogP contribution in [0.3, 0.4) is 0 Å². The fraction of sp³-hybridized carbons (Fsp3) is 0.447. The zero-order valence-corrected chi connectivity index (χ0v) is 30.2. The molecule has 2 N–H and O–H groups in total. The number of ketones is 1. The van der Waals surface area contributed by atoms with E-state index in [0.717, 1.165) is 64.4 Å². The van der Waals surface area contributed by atoms with E-state index >= 15 is 0 Å². The maximum atomic E-state index is 12.1. The summed E-state index contributed by atoms with van der Waals surface area (Å²) in [5.41, 5.74) is 9.98. The minimum Gasteiger partial charge on any atom is -0.364 e. The second-order valence-electron chi connectivity index (χ2n) is 10.1. The van der Waals surface area contributed by atoms with Crippen molar-refractivity contribution < 1.29 is 4.79 Å². The van der Waals surface area contributed by atoms with Crippen LogP contribution in [0.25, 0.3) is 22.9 Å². The monoisotopic (exact) mass is 618 g/mol. The van der Waals surface area contributed by atoms with Crippen molar-refractivity contribution in [2.24, 2.45) is 0 Å². The van der Waals surface area contributed by atoms with Gasteiger partial charge >= 0.3 is 0 Å². The maximum absolute atomic E-state index is 12.1. The summed E-state index contributed by atoms with van der Waals surface area (Å²) in [6.45, 7) is 26.2. The lowest BCUT2D eigenvalue weighted by Gasteiger charge is -2.07. The van der Waals surface area contributed by atoms with E-state index < -0.39 is 0 Å². The van der Waals surface area contributed by atoms with Crippen molar-refractivity contribution in [1.82, 2.24) is 20.2 Å². The summed E-state index contributed by atoms with van der Waals surface area (Å²) in [5, 5.41) is 9.66. The van der Waals surface area contributed by atoms with Crippen LogP contribution in [-0.4, -0.2) is 25.9 Å². The first-order chi connectivity index (χ1) is 21.2. The Labute approximate surface area is 272 Å². The molecule has 0 unspecified atom stereocenters. The van der Waals surface area contributed by atoms with Gasteiger partial charge in [0.05, 0.1) is 5.69 Å². The van der Waals surface area contributed by atoms with Gasteiger partial charge in [-0.2, -0.15) is 5.10 Å². The van der Waals surface area contributed by atoms with Crippen LogP contribution in [0.2, 0.25) is 0 Å². The summed E-state index contributed by atoms with van der Waals surface area (Å²) in [4.78, 5) is 20.4. The molecule has 3 aromatic rings. The van der Waals surface area contributed by atoms with Gasteiger partial charge in [-0.1, -0.05) is 105 Å². The van der Waals surface area contributed by atoms with Crippen LogP contribution in [0.4, 0.5) is 0 Å². The van der Waals surface area contributed by atoms with Crippen LogP contribution in [0, 0.1) is 6.92 Å². The molecular formula is C38H58N4OS. The predicted molar refractivity (Wildman–Crippen MR) is 196 cm³/mol. The minimum atomic E-state index is 0.0906. The smallest absolute Gasteiger partial charge is 0.159 e. The number of carbonyl (C=O) groups is 1. The third-order valence-electron chi connectivity index (χ3n) is 6.04. The van der Waals surface area contributed by atoms with Crippen molar-refractivity contribution in [2.75, 3.05) is 0 Å². The Hall–Kier alpha value is -3.51. The molecule has 1 saturated carbocycles. The van der Waals surface area contributed by atoms with Crippen LogP contribution in [0.1, 0.15) is 123 Å². The summed E-state index contributed by atoms with van der Waals surface area (Å²) < 4.78 is 0. The van der Waals surface area contributed by atoms with E-state index in [1.54, 1.807) is 30.5 Å². The number of hydrogen-bond donors (Lipinski definition) is 2. The van der Waals surface area contributed by atoms with Crippen molar-refractivity contribution in [1.29, 1.82) is 0 Å². The van der Waals surface area contributed by atoms with Crippen molar-refractivity contribution in [3.05, 3.63) is 93.4 Å². The summed E-state index contributed by atoms with van der Waals surface area (Å²) in [5.74, 6) is 0.0906. The zero-order chi connectivity index (χ0) is 33.5. The van der Waals surface area contributed by atoms with Gasteiger partial charge in [-0.05, 0) is 64.2 Å². The van der Waals surface area contributed by atoms with Gasteiger partial charge in [-0.15, -0.1) is 11.3 Å². The molecule has 1 aliphatic carbocycles. The molecule has 44 heavy (non-hydrogen) atoms. The molecule has 0 radical (unpaired) electrons. The van der Waals surface area contributed by atoms with E-state index in [0.29, 0.717) is 0 Å². The molecule has 3 aromatic heterocycles. The van der Waals surface area contributed by atoms with Gasteiger partial charge in [0.15, 0.2) is 5.78 Å². The van der Waals surface area contributed by atoms with Crippen LogP contribution in [0.5, 0.6) is 0 Å². The number of allylic oxidation sites excluding steroid dienone is 8. The number of aromatic nitrogens is 4. The molecule has 3 heterocycles. The molecule has 0 bridgehead atoms. The van der Waals surface area contributed by atoms with Gasteiger partial charge in [-0.3, -0.25) is 9.89 Å². The summed E-state index contributed by atoms with van der Waals surface area (Å²) in [6, 6.07) is 1.97. The number of thiazole rings is 1. The minimum absolute atomic E-state index is 0.0906. The molecular weight excluding hydrogens is 561 g/mol. The molecule has 0 aromatic carbocycles. The number of H-pyrrole nitrogens is 2. The van der Waals surface area contributed by atoms with Crippen LogP contribution in [-0.2, 0) is 11.2 Å². The number of rotatable bonds is 9. The van der Waals surface area contributed by atoms with Gasteiger partial charge in [0.2, 0.25) is 0 Å². The molecule has 4 rings (SSSR count). The molecule has 0 aliphatic heterocycles. The van der Waals surface area contributed by atoms with E-state index in [4.69, 9.17) is 4.98 Å². The van der Waals surface area contributed by atoms with Crippen molar-refractivity contribution in [3.63, 3.8) is 0 Å². The topological polar surface area (TPSA) is 74.4 Å². The van der Waals surface area contributed by atoms with E-state index in [1.807, 2.05) is 44.3 Å². The summed E-state index contributed by atoms with van der Waals surface area (Å²) >= 11 is 1.63. The van der Waals surface area contributed by atoms with Crippen molar-refractivity contribution in [3.8, 4) is 11.3 Å². The first-order valence-corrected chi connectivity index (χ1v) is 17.1. The Morgan fingerprint density at radius 2 is 1.70 bits per heavy atom. The molecule has 0 atom stereocenters. The summed E-state index contributed by atoms with van der Waals surface area (Å²) in [7, 11) is 0. The molecule has 0 amide bonds. The summed E-state index contributed by atoms with van der Waals surface area (Å²) in [6.07, 6.45) is 20.2. The Kier molecular flexibility index (Phi) is 22.0. The quantitative estimate of drug-likeness (QED) is 0.185. The average Bonchev–Trinajstić information content (AvgIpc) is 3.35. The SMILES string of the molecule is C=C/C=C\c1c(-c2csc(/C(=C/C(=C\CC)C(C)=O)C(C)=C3CC3)n2)c[nH]c1C.CC.CCC.CCC.CCc1ccn[nH]1. The standard InChI is InChI=1S/C25H28N2OS.C5H8N2.2C3H8.C2H6/c1-6-8-10-21-17(4)26-14-23(21)24-15-29-25(27-24)22(16(3)19-11-12-19)13-20(9-7-2)18(5)28;1-2-5-3-4-6-7-5;2*1-3-2;1-2/h6,8-10,13-15,26H,1,7,11-12H2,2-5H3;3-4H,2H2,1H3,(H,6,7);2*3H2,1-2H3;1-2H3/b10-8-,20-9+,22-13+;;;;. The highest BCUT2D eigenvalue weighted by Gasteiger charge is 2.21. The second-order valence-corrected chi connectivity index (χ2v) is 11.0. The van der Waals surface area contributed by atoms with Gasteiger partial charge in [0.1, 0.15) is 5.01 Å². The first kappa shape index (κ1) is 40.5. The Morgan fingerprint density at radius 3 is 2.16 bits per heavy atom. The second kappa shape index (κ2) is 23.9. The lowest BCUT2D eigenvalue weighted by molar-refractivity contribution is -0.113. The van der Waals surface area contributed by atoms with Crippen molar-refractivity contribution >= 4 is 28.8 Å². The molecule has 6 heteroatoms. The zero-order valence-electron chi connectivity index (χ0n) is 29.4. The highest BCUT2D eigenvalue weighted by atomic mass is 32.1. The largest absolute Gasteiger partial charge is 0.364 e. The molecule has 242 valence electrons. The number of aromatic amines is 2. The van der Waals surface area contributed by atoms with Crippen LogP contribution >= 0.6 is 11.3 Å². The average molecular weight is 619 g/mol. The molecule has 1 aliphatic rings. The third kappa shape index (κ3) is 14.3. The van der Waals surface area contributed by atoms with Gasteiger partial charge in [-0.25, -0.2) is 4.98 Å².